The smallest absolute Gasteiger partial charge is 0.295 e. The minimum absolute atomic E-state index is 0.114. The van der Waals surface area contributed by atoms with E-state index in [0.717, 1.165) is 0 Å². The van der Waals surface area contributed by atoms with Crippen molar-refractivity contribution in [3.05, 3.63) is 40.4 Å². The maximum absolute atomic E-state index is 11.3. The molecule has 7 heteroatoms. The van der Waals surface area contributed by atoms with E-state index in [0.29, 0.717) is 22.9 Å². The fourth-order valence-corrected chi connectivity index (χ4v) is 2.01. The van der Waals surface area contributed by atoms with Crippen LogP contribution < -0.4 is 14.8 Å². The Kier molecular flexibility index (Phi) is 4.22. The summed E-state index contributed by atoms with van der Waals surface area (Å²) >= 11 is 0. The predicted octanol–water partition coefficient (Wildman–Crippen LogP) is 2.72. The Hall–Kier alpha value is -2.83. The summed E-state index contributed by atoms with van der Waals surface area (Å²) in [6.07, 6.45) is 0. The van der Waals surface area contributed by atoms with Gasteiger partial charge in [-0.15, -0.1) is 0 Å². The van der Waals surface area contributed by atoms with Gasteiger partial charge in [-0.3, -0.25) is 10.1 Å². The van der Waals surface area contributed by atoms with E-state index in [4.69, 9.17) is 9.47 Å². The number of rotatable bonds is 5. The van der Waals surface area contributed by atoms with Crippen molar-refractivity contribution in [1.29, 1.82) is 0 Å². The first-order valence-electron chi connectivity index (χ1n) is 6.17. The largest absolute Gasteiger partial charge is 0.496 e. The summed E-state index contributed by atoms with van der Waals surface area (Å²) in [5, 5.41) is 14.1. The van der Waals surface area contributed by atoms with Crippen LogP contribution in [0.2, 0.25) is 0 Å². The molecule has 0 radical (unpaired) electrons. The summed E-state index contributed by atoms with van der Waals surface area (Å²) < 4.78 is 10.6. The van der Waals surface area contributed by atoms with E-state index in [-0.39, 0.29) is 11.4 Å². The van der Waals surface area contributed by atoms with Crippen LogP contribution in [0.1, 0.15) is 0 Å². The average Bonchev–Trinajstić information content (AvgIpc) is 2.53. The first-order valence-corrected chi connectivity index (χ1v) is 6.17. The molecule has 2 rings (SSSR count). The molecule has 1 heterocycles. The minimum Gasteiger partial charge on any atom is -0.496 e. The van der Waals surface area contributed by atoms with E-state index >= 15 is 0 Å². The lowest BCUT2D eigenvalue weighted by Gasteiger charge is -2.13. The van der Waals surface area contributed by atoms with Gasteiger partial charge in [-0.25, -0.2) is 4.98 Å². The van der Waals surface area contributed by atoms with E-state index in [1.165, 1.54) is 20.3 Å². The van der Waals surface area contributed by atoms with Gasteiger partial charge in [0.1, 0.15) is 17.3 Å². The number of nitro groups is 1. The molecule has 0 bridgehead atoms. The van der Waals surface area contributed by atoms with Crippen molar-refractivity contribution in [2.45, 2.75) is 0 Å². The Morgan fingerprint density at radius 1 is 1.14 bits per heavy atom. The van der Waals surface area contributed by atoms with E-state index in [2.05, 4.69) is 10.3 Å². The fourth-order valence-electron chi connectivity index (χ4n) is 2.01. The number of methoxy groups -OCH3 is 2. The third-order valence-corrected chi connectivity index (χ3v) is 2.99. The van der Waals surface area contributed by atoms with Gasteiger partial charge in [0, 0.05) is 13.1 Å². The second kappa shape index (κ2) is 6.08. The Balaban J connectivity index is 2.78. The molecule has 0 atom stereocenters. The molecule has 0 spiro atoms. The first kappa shape index (κ1) is 14.6. The number of hydrogen-bond acceptors (Lipinski definition) is 6. The molecule has 1 N–H and O–H groups in total. The molecule has 1 aromatic heterocycles. The lowest BCUT2D eigenvalue weighted by molar-refractivity contribution is -0.384. The quantitative estimate of drug-likeness (QED) is 0.672. The fraction of sp³-hybridized carbons (Fsp3) is 0.214. The number of ether oxygens (including phenoxy) is 2. The average molecular weight is 289 g/mol. The van der Waals surface area contributed by atoms with E-state index in [9.17, 15) is 10.1 Å². The van der Waals surface area contributed by atoms with Gasteiger partial charge in [-0.2, -0.15) is 0 Å². The number of pyridine rings is 1. The number of nitrogens with one attached hydrogen (secondary N) is 1. The normalized spacial score (nSPS) is 10.0. The summed E-state index contributed by atoms with van der Waals surface area (Å²) in [6, 6.07) is 8.10. The molecular weight excluding hydrogens is 274 g/mol. The zero-order chi connectivity index (χ0) is 15.4. The lowest BCUT2D eigenvalue weighted by Crippen LogP contribution is -2.01. The molecule has 110 valence electrons. The van der Waals surface area contributed by atoms with Gasteiger partial charge in [-0.1, -0.05) is 6.07 Å². The van der Waals surface area contributed by atoms with Gasteiger partial charge in [0.15, 0.2) is 5.69 Å². The van der Waals surface area contributed by atoms with E-state index in [1.54, 1.807) is 31.3 Å². The summed E-state index contributed by atoms with van der Waals surface area (Å²) in [6.45, 7) is 0. The summed E-state index contributed by atoms with van der Waals surface area (Å²) in [5.41, 5.74) is 0.532. The molecule has 7 nitrogen and oxygen atoms in total. The van der Waals surface area contributed by atoms with Gasteiger partial charge in [-0.05, 0) is 18.2 Å². The first-order chi connectivity index (χ1) is 10.1. The van der Waals surface area contributed by atoms with Crippen molar-refractivity contribution in [3.8, 4) is 22.8 Å². The van der Waals surface area contributed by atoms with Crippen LogP contribution in [0.5, 0.6) is 11.5 Å². The van der Waals surface area contributed by atoms with Crippen molar-refractivity contribution < 1.29 is 14.4 Å². The molecule has 0 aliphatic heterocycles. The molecule has 0 fully saturated rings. The third-order valence-electron chi connectivity index (χ3n) is 2.99. The van der Waals surface area contributed by atoms with Crippen molar-refractivity contribution in [1.82, 2.24) is 4.98 Å². The Morgan fingerprint density at radius 3 is 2.24 bits per heavy atom. The number of benzene rings is 1. The molecule has 0 saturated heterocycles. The number of aromatic nitrogens is 1. The maximum atomic E-state index is 11.3. The standard InChI is InChI=1S/C14H15N3O4/c1-15-12-8-7-9(17(18)19)14(16-12)13-10(20-2)5-4-6-11(13)21-3/h4-8H,1-3H3,(H,15,16). The highest BCUT2D eigenvalue weighted by molar-refractivity contribution is 5.81. The van der Waals surface area contributed by atoms with Crippen LogP contribution in [0.25, 0.3) is 11.3 Å². The number of nitrogens with zero attached hydrogens (tertiary/aromatic N) is 2. The van der Waals surface area contributed by atoms with Gasteiger partial charge >= 0.3 is 0 Å². The highest BCUT2D eigenvalue weighted by atomic mass is 16.6. The summed E-state index contributed by atoms with van der Waals surface area (Å²) in [4.78, 5) is 15.1. The van der Waals surface area contributed by atoms with Crippen LogP contribution in [0.15, 0.2) is 30.3 Å². The molecule has 1 aromatic carbocycles. The zero-order valence-corrected chi connectivity index (χ0v) is 11.9. The minimum atomic E-state index is -0.479. The molecule has 21 heavy (non-hydrogen) atoms. The zero-order valence-electron chi connectivity index (χ0n) is 11.9. The monoisotopic (exact) mass is 289 g/mol. The second-order valence-corrected chi connectivity index (χ2v) is 4.11. The lowest BCUT2D eigenvalue weighted by atomic mass is 10.1. The SMILES string of the molecule is CNc1ccc([N+](=O)[O-])c(-c2c(OC)cccc2OC)n1. The molecule has 0 amide bonds. The maximum Gasteiger partial charge on any atom is 0.295 e. The van der Waals surface area contributed by atoms with Crippen molar-refractivity contribution in [2.75, 3.05) is 26.6 Å². The van der Waals surface area contributed by atoms with Crippen LogP contribution in [0, 0.1) is 10.1 Å². The number of anilines is 1. The van der Waals surface area contributed by atoms with Gasteiger partial charge in [0.2, 0.25) is 0 Å². The van der Waals surface area contributed by atoms with Crippen LogP contribution in [-0.4, -0.2) is 31.2 Å². The highest BCUT2D eigenvalue weighted by Crippen LogP contribution is 2.41. The Labute approximate surface area is 121 Å². The molecule has 0 aliphatic rings. The summed E-state index contributed by atoms with van der Waals surface area (Å²) in [5.74, 6) is 1.43. The molecule has 0 aliphatic carbocycles. The van der Waals surface area contributed by atoms with Gasteiger partial charge in [0.25, 0.3) is 5.69 Å². The van der Waals surface area contributed by atoms with Gasteiger partial charge < -0.3 is 14.8 Å². The molecular formula is C14H15N3O4. The molecule has 2 aromatic rings. The topological polar surface area (TPSA) is 86.5 Å². The number of hydrogen-bond donors (Lipinski definition) is 1. The van der Waals surface area contributed by atoms with Crippen LogP contribution >= 0.6 is 0 Å². The molecule has 0 unspecified atom stereocenters. The van der Waals surface area contributed by atoms with Crippen LogP contribution in [-0.2, 0) is 0 Å². The summed E-state index contributed by atoms with van der Waals surface area (Å²) in [7, 11) is 4.68. The van der Waals surface area contributed by atoms with Crippen LogP contribution in [0.3, 0.4) is 0 Å². The third kappa shape index (κ3) is 2.71. The van der Waals surface area contributed by atoms with Gasteiger partial charge in [0.05, 0.1) is 24.7 Å². The van der Waals surface area contributed by atoms with Crippen LogP contribution in [0.4, 0.5) is 11.5 Å². The van der Waals surface area contributed by atoms with Crippen molar-refractivity contribution in [3.63, 3.8) is 0 Å². The van der Waals surface area contributed by atoms with Crippen molar-refractivity contribution >= 4 is 11.5 Å². The Bertz CT molecular complexity index is 651. The Morgan fingerprint density at radius 2 is 1.76 bits per heavy atom. The van der Waals surface area contributed by atoms with E-state index in [1.807, 2.05) is 0 Å². The highest BCUT2D eigenvalue weighted by Gasteiger charge is 2.24. The van der Waals surface area contributed by atoms with E-state index < -0.39 is 4.92 Å². The second-order valence-electron chi connectivity index (χ2n) is 4.11. The molecule has 0 saturated carbocycles. The van der Waals surface area contributed by atoms with Crippen molar-refractivity contribution in [2.24, 2.45) is 0 Å². The predicted molar refractivity (Wildman–Crippen MR) is 79.0 cm³/mol.